The van der Waals surface area contributed by atoms with E-state index >= 15 is 0 Å². The summed E-state index contributed by atoms with van der Waals surface area (Å²) in [5.41, 5.74) is 1.41. The molecule has 2 rings (SSSR count). The molecule has 0 fully saturated rings. The molecule has 3 heteroatoms. The highest BCUT2D eigenvalue weighted by Crippen LogP contribution is 2.21. The van der Waals surface area contributed by atoms with Crippen molar-refractivity contribution < 1.29 is 14.3 Å². The van der Waals surface area contributed by atoms with Gasteiger partial charge in [0, 0.05) is 0 Å². The highest BCUT2D eigenvalue weighted by molar-refractivity contribution is 5.83. The third-order valence-electron chi connectivity index (χ3n) is 6.41. The molecule has 0 saturated heterocycles. The second-order valence-electron chi connectivity index (χ2n) is 9.11. The van der Waals surface area contributed by atoms with Gasteiger partial charge in [0.15, 0.2) is 0 Å². The van der Waals surface area contributed by atoms with Crippen LogP contribution in [-0.4, -0.2) is 48.5 Å². The number of allylic oxidation sites excluding steroid dienone is 2. The Bertz CT molecular complexity index is 790. The Hall–Kier alpha value is -1.84. The second-order valence-corrected chi connectivity index (χ2v) is 9.11. The van der Waals surface area contributed by atoms with Crippen LogP contribution in [0.15, 0.2) is 54.1 Å². The van der Waals surface area contributed by atoms with E-state index in [0.717, 1.165) is 36.4 Å². The lowest BCUT2D eigenvalue weighted by Gasteiger charge is -2.39. The first-order chi connectivity index (χ1) is 14.4. The highest BCUT2D eigenvalue weighted by atomic mass is 16.5. The van der Waals surface area contributed by atoms with Crippen molar-refractivity contribution in [3.63, 3.8) is 0 Å². The number of hydrogen-bond donors (Lipinski definition) is 1. The Morgan fingerprint density at radius 2 is 1.73 bits per heavy atom. The average molecular weight is 413 g/mol. The summed E-state index contributed by atoms with van der Waals surface area (Å²) in [6.07, 6.45) is 5.50. The SMILES string of the molecule is CC[N+](CC)(CCC(C)CCC=C(C)C)CC(O)COc1ccc2ccccc2c1. The Labute approximate surface area is 184 Å². The first-order valence-electron chi connectivity index (χ1n) is 11.7. The minimum Gasteiger partial charge on any atom is -0.491 e. The molecule has 3 nitrogen and oxygen atoms in total. The number of aliphatic hydroxyl groups is 1. The standard InChI is InChI=1S/C27H42NO2/c1-6-28(7-2,18-17-23(5)12-10-11-22(3)4)20-26(29)21-30-27-16-15-24-13-8-9-14-25(24)19-27/h8-9,11,13-16,19,23,26,29H,6-7,10,12,17-18,20-21H2,1-5H3/q+1. The maximum atomic E-state index is 10.7. The smallest absolute Gasteiger partial charge is 0.137 e. The van der Waals surface area contributed by atoms with Gasteiger partial charge in [-0.05, 0) is 75.8 Å². The zero-order chi connectivity index (χ0) is 22.0. The van der Waals surface area contributed by atoms with Gasteiger partial charge in [-0.1, -0.05) is 48.9 Å². The molecule has 0 radical (unpaired) electrons. The van der Waals surface area contributed by atoms with Gasteiger partial charge in [0.05, 0.1) is 19.6 Å². The van der Waals surface area contributed by atoms with Gasteiger partial charge in [0.1, 0.15) is 25.0 Å². The Morgan fingerprint density at radius 1 is 1.03 bits per heavy atom. The quantitative estimate of drug-likeness (QED) is 0.313. The molecule has 2 aromatic rings. The Kier molecular flexibility index (Phi) is 9.87. The van der Waals surface area contributed by atoms with Gasteiger partial charge in [0.25, 0.3) is 0 Å². The molecule has 0 amide bonds. The van der Waals surface area contributed by atoms with E-state index in [-0.39, 0.29) is 0 Å². The third-order valence-corrected chi connectivity index (χ3v) is 6.41. The number of nitrogens with zero attached hydrogens (tertiary/aromatic N) is 1. The molecule has 2 aromatic carbocycles. The summed E-state index contributed by atoms with van der Waals surface area (Å²) in [7, 11) is 0. The largest absolute Gasteiger partial charge is 0.491 e. The van der Waals surface area contributed by atoms with Crippen molar-refractivity contribution in [2.45, 2.75) is 60.0 Å². The maximum absolute atomic E-state index is 10.7. The minimum atomic E-state index is -0.461. The molecule has 0 spiro atoms. The van der Waals surface area contributed by atoms with Gasteiger partial charge in [-0.2, -0.15) is 0 Å². The van der Waals surface area contributed by atoms with Gasteiger partial charge in [0.2, 0.25) is 0 Å². The van der Waals surface area contributed by atoms with Crippen molar-refractivity contribution in [2.75, 3.05) is 32.8 Å². The van der Waals surface area contributed by atoms with Gasteiger partial charge in [-0.15, -0.1) is 0 Å². The molecule has 0 heterocycles. The van der Waals surface area contributed by atoms with Crippen LogP contribution in [0.25, 0.3) is 10.8 Å². The van der Waals surface area contributed by atoms with Crippen LogP contribution in [0.4, 0.5) is 0 Å². The van der Waals surface area contributed by atoms with Crippen molar-refractivity contribution in [3.8, 4) is 5.75 Å². The predicted molar refractivity (Wildman–Crippen MR) is 129 cm³/mol. The van der Waals surface area contributed by atoms with E-state index in [1.807, 2.05) is 18.2 Å². The number of quaternary nitrogens is 1. The normalized spacial score (nSPS) is 13.8. The van der Waals surface area contributed by atoms with E-state index in [1.165, 1.54) is 35.6 Å². The molecular weight excluding hydrogens is 370 g/mol. The number of fused-ring (bicyclic) bond motifs is 1. The predicted octanol–water partition coefficient (Wildman–Crippen LogP) is 6.21. The summed E-state index contributed by atoms with van der Waals surface area (Å²) in [6.45, 7) is 15.5. The zero-order valence-corrected chi connectivity index (χ0v) is 19.7. The molecule has 0 aromatic heterocycles. The molecule has 166 valence electrons. The molecule has 2 unspecified atom stereocenters. The molecule has 0 aliphatic heterocycles. The first kappa shape index (κ1) is 24.4. The van der Waals surface area contributed by atoms with E-state index in [2.05, 4.69) is 65.0 Å². The number of ether oxygens (including phenoxy) is 1. The summed E-state index contributed by atoms with van der Waals surface area (Å²) in [5.74, 6) is 1.54. The summed E-state index contributed by atoms with van der Waals surface area (Å²) < 4.78 is 6.90. The molecule has 0 saturated carbocycles. The topological polar surface area (TPSA) is 29.5 Å². The summed E-state index contributed by atoms with van der Waals surface area (Å²) >= 11 is 0. The van der Waals surface area contributed by atoms with Gasteiger partial charge >= 0.3 is 0 Å². The van der Waals surface area contributed by atoms with Crippen LogP contribution in [0.2, 0.25) is 0 Å². The number of aliphatic hydroxyl groups excluding tert-OH is 1. The lowest BCUT2D eigenvalue weighted by molar-refractivity contribution is -0.928. The fourth-order valence-corrected chi connectivity index (χ4v) is 4.13. The molecule has 0 aliphatic rings. The lowest BCUT2D eigenvalue weighted by atomic mass is 9.99. The monoisotopic (exact) mass is 412 g/mol. The van der Waals surface area contributed by atoms with Crippen molar-refractivity contribution >= 4 is 10.8 Å². The van der Waals surface area contributed by atoms with Crippen LogP contribution in [0.3, 0.4) is 0 Å². The fourth-order valence-electron chi connectivity index (χ4n) is 4.13. The van der Waals surface area contributed by atoms with E-state index in [0.29, 0.717) is 12.5 Å². The second kappa shape index (κ2) is 12.1. The summed E-state index contributed by atoms with van der Waals surface area (Å²) in [5, 5.41) is 13.1. The van der Waals surface area contributed by atoms with Crippen LogP contribution in [0.1, 0.15) is 53.9 Å². The number of benzene rings is 2. The van der Waals surface area contributed by atoms with Crippen molar-refractivity contribution in [3.05, 3.63) is 54.1 Å². The van der Waals surface area contributed by atoms with Gasteiger partial charge in [-0.3, -0.25) is 0 Å². The maximum Gasteiger partial charge on any atom is 0.137 e. The van der Waals surface area contributed by atoms with E-state index in [4.69, 9.17) is 4.74 Å². The van der Waals surface area contributed by atoms with Crippen LogP contribution in [0.5, 0.6) is 5.75 Å². The first-order valence-corrected chi connectivity index (χ1v) is 11.7. The van der Waals surface area contributed by atoms with E-state index < -0.39 is 6.10 Å². The van der Waals surface area contributed by atoms with Crippen LogP contribution < -0.4 is 4.74 Å². The van der Waals surface area contributed by atoms with Crippen LogP contribution in [-0.2, 0) is 0 Å². The molecule has 2 atom stereocenters. The van der Waals surface area contributed by atoms with Crippen molar-refractivity contribution in [1.29, 1.82) is 0 Å². The average Bonchev–Trinajstić information content (AvgIpc) is 2.75. The van der Waals surface area contributed by atoms with Gasteiger partial charge < -0.3 is 14.3 Å². The zero-order valence-electron chi connectivity index (χ0n) is 19.7. The molecule has 30 heavy (non-hydrogen) atoms. The summed E-state index contributed by atoms with van der Waals surface area (Å²) in [4.78, 5) is 0. The fraction of sp³-hybridized carbons (Fsp3) is 0.556. The van der Waals surface area contributed by atoms with Crippen molar-refractivity contribution in [2.24, 2.45) is 5.92 Å². The lowest BCUT2D eigenvalue weighted by Crippen LogP contribution is -2.53. The third kappa shape index (κ3) is 7.77. The molecular formula is C27H42NO2+. The Balaban J connectivity index is 1.86. The van der Waals surface area contributed by atoms with Crippen LogP contribution in [0, 0.1) is 5.92 Å². The Morgan fingerprint density at radius 3 is 2.40 bits per heavy atom. The van der Waals surface area contributed by atoms with E-state index in [9.17, 15) is 5.11 Å². The number of hydrogen-bond acceptors (Lipinski definition) is 2. The van der Waals surface area contributed by atoms with E-state index in [1.54, 1.807) is 0 Å². The van der Waals surface area contributed by atoms with Gasteiger partial charge in [-0.25, -0.2) is 0 Å². The van der Waals surface area contributed by atoms with Crippen LogP contribution >= 0.6 is 0 Å². The highest BCUT2D eigenvalue weighted by Gasteiger charge is 2.27. The molecule has 1 N–H and O–H groups in total. The number of rotatable bonds is 13. The molecule has 0 bridgehead atoms. The summed E-state index contributed by atoms with van der Waals surface area (Å²) in [6, 6.07) is 14.4. The van der Waals surface area contributed by atoms with Crippen molar-refractivity contribution in [1.82, 2.24) is 0 Å². The molecule has 0 aliphatic carbocycles. The number of likely N-dealkylation sites (N-methyl/N-ethyl adjacent to an activating group) is 1. The minimum absolute atomic E-state index is 0.342.